The van der Waals surface area contributed by atoms with Crippen molar-refractivity contribution in [2.45, 2.75) is 46.2 Å². The molecular weight excluding hydrogens is 252 g/mol. The molecule has 0 aliphatic carbocycles. The number of rotatable bonds is 6. The van der Waals surface area contributed by atoms with Crippen LogP contribution in [0.2, 0.25) is 4.34 Å². The molecule has 0 aliphatic rings. The molecule has 2 nitrogen and oxygen atoms in total. The van der Waals surface area contributed by atoms with Crippen LogP contribution in [-0.2, 0) is 6.54 Å². The van der Waals surface area contributed by atoms with Gasteiger partial charge in [0.05, 0.1) is 4.34 Å². The lowest BCUT2D eigenvalue weighted by atomic mass is 9.87. The fraction of sp³-hybridized carbons (Fsp3) is 0.692. The van der Waals surface area contributed by atoms with Gasteiger partial charge < -0.3 is 11.1 Å². The summed E-state index contributed by atoms with van der Waals surface area (Å²) in [5.41, 5.74) is 6.41. The van der Waals surface area contributed by atoms with Crippen molar-refractivity contribution >= 4 is 22.9 Å². The summed E-state index contributed by atoms with van der Waals surface area (Å²) in [5, 5.41) is 3.40. The molecule has 1 unspecified atom stereocenters. The van der Waals surface area contributed by atoms with E-state index in [1.54, 1.807) is 11.3 Å². The second-order valence-corrected chi connectivity index (χ2v) is 7.50. The Hall–Kier alpha value is -0.0900. The minimum Gasteiger partial charge on any atom is -0.328 e. The molecule has 0 aliphatic heterocycles. The smallest absolute Gasteiger partial charge is 0.0931 e. The average Bonchev–Trinajstić information content (AvgIpc) is 2.56. The van der Waals surface area contributed by atoms with Crippen molar-refractivity contribution in [3.05, 3.63) is 21.3 Å². The molecule has 0 saturated heterocycles. The highest BCUT2D eigenvalue weighted by Crippen LogP contribution is 2.22. The summed E-state index contributed by atoms with van der Waals surface area (Å²) in [5.74, 6) is 0. The van der Waals surface area contributed by atoms with Gasteiger partial charge in [0.2, 0.25) is 0 Å². The van der Waals surface area contributed by atoms with Crippen LogP contribution in [-0.4, -0.2) is 12.6 Å². The van der Waals surface area contributed by atoms with Crippen molar-refractivity contribution in [1.29, 1.82) is 0 Å². The van der Waals surface area contributed by atoms with E-state index in [0.29, 0.717) is 5.41 Å². The minimum absolute atomic E-state index is 0.287. The van der Waals surface area contributed by atoms with Gasteiger partial charge in [-0.05, 0) is 36.9 Å². The molecule has 17 heavy (non-hydrogen) atoms. The highest BCUT2D eigenvalue weighted by molar-refractivity contribution is 7.16. The van der Waals surface area contributed by atoms with Gasteiger partial charge in [-0.2, -0.15) is 0 Å². The van der Waals surface area contributed by atoms with Crippen LogP contribution in [0.5, 0.6) is 0 Å². The van der Waals surface area contributed by atoms with Crippen molar-refractivity contribution in [3.63, 3.8) is 0 Å². The van der Waals surface area contributed by atoms with Gasteiger partial charge in [0, 0.05) is 17.5 Å². The van der Waals surface area contributed by atoms with Crippen LogP contribution in [0.25, 0.3) is 0 Å². The molecule has 1 aromatic heterocycles. The van der Waals surface area contributed by atoms with Crippen LogP contribution in [0.15, 0.2) is 12.1 Å². The van der Waals surface area contributed by atoms with E-state index in [1.165, 1.54) is 4.88 Å². The Bertz CT molecular complexity index is 330. The quantitative estimate of drug-likeness (QED) is 0.777. The van der Waals surface area contributed by atoms with Gasteiger partial charge in [0.15, 0.2) is 0 Å². The Morgan fingerprint density at radius 1 is 1.41 bits per heavy atom. The number of hydrogen-bond acceptors (Lipinski definition) is 3. The largest absolute Gasteiger partial charge is 0.328 e. The van der Waals surface area contributed by atoms with E-state index in [-0.39, 0.29) is 6.04 Å². The lowest BCUT2D eigenvalue weighted by Crippen LogP contribution is -2.30. The maximum Gasteiger partial charge on any atom is 0.0931 e. The summed E-state index contributed by atoms with van der Waals surface area (Å²) >= 11 is 7.50. The number of halogens is 1. The SMILES string of the molecule is CC(C)(C)CC(N)CCNCc1ccc(Cl)s1. The van der Waals surface area contributed by atoms with Gasteiger partial charge in [-0.3, -0.25) is 0 Å². The normalized spacial score (nSPS) is 13.9. The third kappa shape index (κ3) is 7.04. The van der Waals surface area contributed by atoms with Gasteiger partial charge >= 0.3 is 0 Å². The van der Waals surface area contributed by atoms with Crippen LogP contribution in [0, 0.1) is 5.41 Å². The monoisotopic (exact) mass is 274 g/mol. The summed E-state index contributed by atoms with van der Waals surface area (Å²) in [4.78, 5) is 1.28. The zero-order valence-electron chi connectivity index (χ0n) is 10.9. The summed E-state index contributed by atoms with van der Waals surface area (Å²) < 4.78 is 0.853. The molecule has 1 rings (SSSR count). The van der Waals surface area contributed by atoms with Crippen molar-refractivity contribution < 1.29 is 0 Å². The molecule has 1 heterocycles. The van der Waals surface area contributed by atoms with E-state index >= 15 is 0 Å². The van der Waals surface area contributed by atoms with Crippen molar-refractivity contribution in [1.82, 2.24) is 5.32 Å². The molecule has 0 bridgehead atoms. The first-order valence-corrected chi connectivity index (χ1v) is 7.27. The second-order valence-electron chi connectivity index (χ2n) is 5.70. The number of hydrogen-bond donors (Lipinski definition) is 2. The van der Waals surface area contributed by atoms with Crippen LogP contribution in [0.1, 0.15) is 38.5 Å². The highest BCUT2D eigenvalue weighted by atomic mass is 35.5. The van der Waals surface area contributed by atoms with E-state index in [9.17, 15) is 0 Å². The van der Waals surface area contributed by atoms with Crippen LogP contribution >= 0.6 is 22.9 Å². The van der Waals surface area contributed by atoms with Crippen molar-refractivity contribution in [2.75, 3.05) is 6.54 Å². The van der Waals surface area contributed by atoms with Gasteiger partial charge in [0.1, 0.15) is 0 Å². The number of nitrogens with one attached hydrogen (secondary N) is 1. The molecular formula is C13H23ClN2S. The Morgan fingerprint density at radius 3 is 2.65 bits per heavy atom. The Morgan fingerprint density at radius 2 is 2.12 bits per heavy atom. The van der Waals surface area contributed by atoms with Crippen LogP contribution < -0.4 is 11.1 Å². The predicted molar refractivity (Wildman–Crippen MR) is 77.7 cm³/mol. The van der Waals surface area contributed by atoms with E-state index < -0.39 is 0 Å². The van der Waals surface area contributed by atoms with E-state index in [1.807, 2.05) is 6.07 Å². The highest BCUT2D eigenvalue weighted by Gasteiger charge is 2.14. The molecule has 0 amide bonds. The average molecular weight is 275 g/mol. The third-order valence-corrected chi connectivity index (χ3v) is 3.73. The first kappa shape index (κ1) is 15.0. The van der Waals surface area contributed by atoms with E-state index in [0.717, 1.165) is 30.3 Å². The summed E-state index contributed by atoms with van der Waals surface area (Å²) in [6.45, 7) is 8.54. The zero-order chi connectivity index (χ0) is 12.9. The maximum atomic E-state index is 6.08. The second kappa shape index (κ2) is 6.74. The molecule has 0 fully saturated rings. The molecule has 1 atom stereocenters. The molecule has 0 radical (unpaired) electrons. The molecule has 3 N–H and O–H groups in total. The van der Waals surface area contributed by atoms with Gasteiger partial charge in [-0.1, -0.05) is 32.4 Å². The standard InChI is InChI=1S/C13H23ClN2S/c1-13(2,3)8-10(15)6-7-16-9-11-4-5-12(14)17-11/h4-5,10,16H,6-9,15H2,1-3H3. The van der Waals surface area contributed by atoms with Gasteiger partial charge in [-0.15, -0.1) is 11.3 Å². The summed E-state index contributed by atoms with van der Waals surface area (Å²) in [6, 6.07) is 4.29. The predicted octanol–water partition coefficient (Wildman–Crippen LogP) is 3.64. The fourth-order valence-corrected chi connectivity index (χ4v) is 2.89. The van der Waals surface area contributed by atoms with Gasteiger partial charge in [-0.25, -0.2) is 0 Å². The molecule has 0 saturated carbocycles. The lowest BCUT2D eigenvalue weighted by Gasteiger charge is -2.23. The maximum absolute atomic E-state index is 6.08. The Balaban J connectivity index is 2.12. The number of nitrogens with two attached hydrogens (primary N) is 1. The molecule has 1 aromatic rings. The molecule has 98 valence electrons. The molecule has 0 spiro atoms. The Kier molecular flexibility index (Phi) is 5.93. The summed E-state index contributed by atoms with van der Waals surface area (Å²) in [6.07, 6.45) is 2.09. The fourth-order valence-electron chi connectivity index (χ4n) is 1.83. The van der Waals surface area contributed by atoms with Gasteiger partial charge in [0.25, 0.3) is 0 Å². The minimum atomic E-state index is 0.287. The van der Waals surface area contributed by atoms with E-state index in [4.69, 9.17) is 17.3 Å². The lowest BCUT2D eigenvalue weighted by molar-refractivity contribution is 0.329. The molecule has 0 aromatic carbocycles. The van der Waals surface area contributed by atoms with Crippen LogP contribution in [0.3, 0.4) is 0 Å². The third-order valence-electron chi connectivity index (χ3n) is 2.49. The Labute approximate surface area is 114 Å². The first-order chi connectivity index (χ1) is 7.87. The molecule has 4 heteroatoms. The van der Waals surface area contributed by atoms with Crippen molar-refractivity contribution in [2.24, 2.45) is 11.1 Å². The van der Waals surface area contributed by atoms with E-state index in [2.05, 4.69) is 32.2 Å². The van der Waals surface area contributed by atoms with Crippen LogP contribution in [0.4, 0.5) is 0 Å². The number of thiophene rings is 1. The van der Waals surface area contributed by atoms with Crippen molar-refractivity contribution in [3.8, 4) is 0 Å². The topological polar surface area (TPSA) is 38.0 Å². The summed E-state index contributed by atoms with van der Waals surface area (Å²) in [7, 11) is 0. The first-order valence-electron chi connectivity index (χ1n) is 6.07. The zero-order valence-corrected chi connectivity index (χ0v) is 12.5.